The van der Waals surface area contributed by atoms with Crippen LogP contribution in [0.4, 0.5) is 5.69 Å². The predicted molar refractivity (Wildman–Crippen MR) is 60.9 cm³/mol. The number of pyridine rings is 1. The Hall–Kier alpha value is -1.09. The van der Waals surface area contributed by atoms with Crippen LogP contribution in [0.3, 0.4) is 0 Å². The Bertz CT molecular complexity index is 319. The summed E-state index contributed by atoms with van der Waals surface area (Å²) in [7, 11) is 0. The summed E-state index contributed by atoms with van der Waals surface area (Å²) >= 11 is 0. The van der Waals surface area contributed by atoms with Crippen molar-refractivity contribution in [2.24, 2.45) is 0 Å². The Balaban J connectivity index is 1.92. The highest BCUT2D eigenvalue weighted by molar-refractivity contribution is 5.43. The third-order valence-corrected chi connectivity index (χ3v) is 2.94. The fourth-order valence-corrected chi connectivity index (χ4v) is 2.09. The maximum Gasteiger partial charge on any atom is 0.0541 e. The molecule has 1 aliphatic carbocycles. The molecule has 1 aliphatic rings. The molecule has 2 N–H and O–H groups in total. The molecule has 15 heavy (non-hydrogen) atoms. The van der Waals surface area contributed by atoms with E-state index in [1.54, 1.807) is 0 Å². The van der Waals surface area contributed by atoms with Gasteiger partial charge in [0.25, 0.3) is 0 Å². The summed E-state index contributed by atoms with van der Waals surface area (Å²) in [6.07, 6.45) is 7.56. The number of nitrogens with one attached hydrogen (secondary N) is 1. The van der Waals surface area contributed by atoms with Crippen molar-refractivity contribution < 1.29 is 5.11 Å². The van der Waals surface area contributed by atoms with Gasteiger partial charge >= 0.3 is 0 Å². The molecule has 0 atom stereocenters. The van der Waals surface area contributed by atoms with Crippen LogP contribution in [0.5, 0.6) is 0 Å². The van der Waals surface area contributed by atoms with E-state index >= 15 is 0 Å². The van der Waals surface area contributed by atoms with E-state index in [0.717, 1.165) is 31.4 Å². The van der Waals surface area contributed by atoms with Crippen molar-refractivity contribution in [1.29, 1.82) is 0 Å². The van der Waals surface area contributed by atoms with Gasteiger partial charge in [0, 0.05) is 18.4 Å². The second-order valence-electron chi connectivity index (χ2n) is 4.40. The highest BCUT2D eigenvalue weighted by Gasteiger charge is 2.18. The number of hydrogen-bond acceptors (Lipinski definition) is 3. The van der Waals surface area contributed by atoms with E-state index in [-0.39, 0.29) is 6.10 Å². The van der Waals surface area contributed by atoms with Gasteiger partial charge in [-0.25, -0.2) is 0 Å². The molecule has 0 radical (unpaired) electrons. The van der Waals surface area contributed by atoms with E-state index in [1.807, 2.05) is 19.3 Å². The van der Waals surface area contributed by atoms with E-state index in [0.29, 0.717) is 6.04 Å². The average molecular weight is 206 g/mol. The first-order valence-electron chi connectivity index (χ1n) is 5.60. The van der Waals surface area contributed by atoms with Crippen LogP contribution in [0.15, 0.2) is 18.5 Å². The average Bonchev–Trinajstić information content (AvgIpc) is 2.22. The van der Waals surface area contributed by atoms with Crippen LogP contribution in [0.25, 0.3) is 0 Å². The van der Waals surface area contributed by atoms with Crippen LogP contribution >= 0.6 is 0 Å². The zero-order valence-electron chi connectivity index (χ0n) is 9.11. The highest BCUT2D eigenvalue weighted by Crippen LogP contribution is 2.21. The number of rotatable bonds is 2. The molecule has 2 rings (SSSR count). The molecule has 82 valence electrons. The molecule has 0 saturated heterocycles. The quantitative estimate of drug-likeness (QED) is 0.779. The van der Waals surface area contributed by atoms with Crippen LogP contribution in [-0.4, -0.2) is 22.2 Å². The zero-order chi connectivity index (χ0) is 10.7. The summed E-state index contributed by atoms with van der Waals surface area (Å²) in [4.78, 5) is 4.15. The van der Waals surface area contributed by atoms with Crippen molar-refractivity contribution in [3.05, 3.63) is 24.0 Å². The summed E-state index contributed by atoms with van der Waals surface area (Å²) in [5, 5.41) is 12.9. The van der Waals surface area contributed by atoms with Gasteiger partial charge in [-0.2, -0.15) is 0 Å². The maximum absolute atomic E-state index is 9.40. The first-order chi connectivity index (χ1) is 7.24. The standard InChI is InChI=1S/C12H18N2O/c1-9-6-11(8-13-7-9)14-10-2-4-12(15)5-3-10/h6-8,10,12,14-15H,2-5H2,1H3. The Labute approximate surface area is 90.5 Å². The Morgan fingerprint density at radius 1 is 1.27 bits per heavy atom. The van der Waals surface area contributed by atoms with E-state index in [1.165, 1.54) is 5.56 Å². The van der Waals surface area contributed by atoms with Crippen molar-refractivity contribution in [3.63, 3.8) is 0 Å². The minimum Gasteiger partial charge on any atom is -0.393 e. The van der Waals surface area contributed by atoms with Gasteiger partial charge in [-0.05, 0) is 44.2 Å². The van der Waals surface area contributed by atoms with Crippen LogP contribution in [0.2, 0.25) is 0 Å². The molecule has 1 aromatic heterocycles. The Kier molecular flexibility index (Phi) is 3.21. The molecule has 3 heteroatoms. The lowest BCUT2D eigenvalue weighted by atomic mass is 9.93. The van der Waals surface area contributed by atoms with Crippen LogP contribution < -0.4 is 5.32 Å². The maximum atomic E-state index is 9.40. The van der Waals surface area contributed by atoms with Crippen LogP contribution in [0.1, 0.15) is 31.2 Å². The molecule has 1 fully saturated rings. The summed E-state index contributed by atoms with van der Waals surface area (Å²) < 4.78 is 0. The van der Waals surface area contributed by atoms with E-state index in [2.05, 4.69) is 16.4 Å². The summed E-state index contributed by atoms with van der Waals surface area (Å²) in [5.74, 6) is 0. The van der Waals surface area contributed by atoms with Gasteiger partial charge < -0.3 is 10.4 Å². The second-order valence-corrected chi connectivity index (χ2v) is 4.40. The molecular weight excluding hydrogens is 188 g/mol. The van der Waals surface area contributed by atoms with Crippen molar-refractivity contribution in [2.45, 2.75) is 44.8 Å². The largest absolute Gasteiger partial charge is 0.393 e. The topological polar surface area (TPSA) is 45.2 Å². The second kappa shape index (κ2) is 4.62. The van der Waals surface area contributed by atoms with Gasteiger partial charge in [-0.3, -0.25) is 4.98 Å². The third-order valence-electron chi connectivity index (χ3n) is 2.94. The molecule has 0 aliphatic heterocycles. The van der Waals surface area contributed by atoms with E-state index in [4.69, 9.17) is 0 Å². The van der Waals surface area contributed by atoms with Gasteiger partial charge in [0.15, 0.2) is 0 Å². The molecule has 0 aromatic carbocycles. The Morgan fingerprint density at radius 3 is 2.67 bits per heavy atom. The van der Waals surface area contributed by atoms with Crippen molar-refractivity contribution >= 4 is 5.69 Å². The third kappa shape index (κ3) is 2.93. The lowest BCUT2D eigenvalue weighted by Gasteiger charge is -2.26. The first kappa shape index (κ1) is 10.4. The molecule has 0 unspecified atom stereocenters. The molecule has 1 aromatic rings. The number of aromatic nitrogens is 1. The lowest BCUT2D eigenvalue weighted by Crippen LogP contribution is -2.28. The van der Waals surface area contributed by atoms with E-state index in [9.17, 15) is 5.11 Å². The first-order valence-corrected chi connectivity index (χ1v) is 5.60. The summed E-state index contributed by atoms with van der Waals surface area (Å²) in [6, 6.07) is 2.61. The van der Waals surface area contributed by atoms with Crippen molar-refractivity contribution in [2.75, 3.05) is 5.32 Å². The van der Waals surface area contributed by atoms with Gasteiger partial charge in [0.1, 0.15) is 0 Å². The van der Waals surface area contributed by atoms with Gasteiger partial charge in [-0.15, -0.1) is 0 Å². The molecule has 3 nitrogen and oxygen atoms in total. The fourth-order valence-electron chi connectivity index (χ4n) is 2.09. The molecular formula is C12H18N2O. The molecule has 0 bridgehead atoms. The van der Waals surface area contributed by atoms with Crippen molar-refractivity contribution in [1.82, 2.24) is 4.98 Å². The Morgan fingerprint density at radius 2 is 2.00 bits per heavy atom. The number of anilines is 1. The highest BCUT2D eigenvalue weighted by atomic mass is 16.3. The number of aliphatic hydroxyl groups is 1. The normalized spacial score (nSPS) is 26.3. The van der Waals surface area contributed by atoms with Crippen molar-refractivity contribution in [3.8, 4) is 0 Å². The molecule has 0 amide bonds. The SMILES string of the molecule is Cc1cncc(NC2CCC(O)CC2)c1. The smallest absolute Gasteiger partial charge is 0.0541 e. The number of nitrogens with zero attached hydrogens (tertiary/aromatic N) is 1. The molecule has 0 spiro atoms. The minimum absolute atomic E-state index is 0.0846. The summed E-state index contributed by atoms with van der Waals surface area (Å²) in [5.41, 5.74) is 2.27. The van der Waals surface area contributed by atoms with Crippen LogP contribution in [-0.2, 0) is 0 Å². The van der Waals surface area contributed by atoms with Gasteiger partial charge in [0.05, 0.1) is 11.8 Å². The number of aryl methyl sites for hydroxylation is 1. The predicted octanol–water partition coefficient (Wildman–Crippen LogP) is 2.11. The summed E-state index contributed by atoms with van der Waals surface area (Å²) in [6.45, 7) is 2.04. The van der Waals surface area contributed by atoms with Gasteiger partial charge in [-0.1, -0.05) is 0 Å². The number of hydrogen-bond donors (Lipinski definition) is 2. The minimum atomic E-state index is -0.0846. The monoisotopic (exact) mass is 206 g/mol. The van der Waals surface area contributed by atoms with Crippen LogP contribution in [0, 0.1) is 6.92 Å². The number of aliphatic hydroxyl groups excluding tert-OH is 1. The van der Waals surface area contributed by atoms with Gasteiger partial charge in [0.2, 0.25) is 0 Å². The lowest BCUT2D eigenvalue weighted by molar-refractivity contribution is 0.126. The zero-order valence-corrected chi connectivity index (χ0v) is 9.11. The fraction of sp³-hybridized carbons (Fsp3) is 0.583. The molecule has 1 saturated carbocycles. The molecule has 1 heterocycles. The van der Waals surface area contributed by atoms with E-state index < -0.39 is 0 Å².